The molecule has 104 valence electrons. The maximum atomic E-state index is 12.5. The highest BCUT2D eigenvalue weighted by Gasteiger charge is 2.22. The van der Waals surface area contributed by atoms with Gasteiger partial charge < -0.3 is 10.2 Å². The average Bonchev–Trinajstić information content (AvgIpc) is 2.91. The fourth-order valence-electron chi connectivity index (χ4n) is 2.39. The lowest BCUT2D eigenvalue weighted by molar-refractivity contribution is 0.0736. The molecule has 0 bridgehead atoms. The van der Waals surface area contributed by atoms with Crippen LogP contribution in [0.3, 0.4) is 0 Å². The fourth-order valence-corrected chi connectivity index (χ4v) is 2.62. The summed E-state index contributed by atoms with van der Waals surface area (Å²) in [6, 6.07) is 4.07. The Bertz CT molecular complexity index is 415. The van der Waals surface area contributed by atoms with Gasteiger partial charge in [0.05, 0.1) is 0 Å². The molecule has 4 nitrogen and oxygen atoms in total. The number of nitrogens with one attached hydrogen (secondary N) is 1. The molecule has 1 amide bonds. The number of amides is 1. The van der Waals surface area contributed by atoms with Crippen molar-refractivity contribution in [3.05, 3.63) is 28.5 Å². The Balaban J connectivity index is 2.04. The Kier molecular flexibility index (Phi) is 5.34. The van der Waals surface area contributed by atoms with Crippen LogP contribution < -0.4 is 5.32 Å². The molecule has 0 aromatic carbocycles. The van der Waals surface area contributed by atoms with Gasteiger partial charge in [0.2, 0.25) is 0 Å². The van der Waals surface area contributed by atoms with Gasteiger partial charge in [-0.05, 0) is 53.9 Å². The minimum absolute atomic E-state index is 0.0306. The van der Waals surface area contributed by atoms with E-state index >= 15 is 0 Å². The first-order chi connectivity index (χ1) is 9.20. The van der Waals surface area contributed by atoms with Crippen LogP contribution in [-0.2, 0) is 0 Å². The molecule has 1 aliphatic rings. The topological polar surface area (TPSA) is 45.2 Å². The summed E-state index contributed by atoms with van der Waals surface area (Å²) in [7, 11) is 0. The second-order valence-corrected chi connectivity index (χ2v) is 5.82. The van der Waals surface area contributed by atoms with Gasteiger partial charge in [-0.25, -0.2) is 4.98 Å². The molecule has 1 aromatic heterocycles. The predicted molar refractivity (Wildman–Crippen MR) is 79.2 cm³/mol. The number of rotatable bonds is 5. The predicted octanol–water partition coefficient (Wildman–Crippen LogP) is 2.45. The highest BCUT2D eigenvalue weighted by molar-refractivity contribution is 9.10. The van der Waals surface area contributed by atoms with E-state index in [9.17, 15) is 4.79 Å². The van der Waals surface area contributed by atoms with E-state index in [0.29, 0.717) is 11.7 Å². The van der Waals surface area contributed by atoms with E-state index in [-0.39, 0.29) is 5.91 Å². The van der Waals surface area contributed by atoms with Gasteiger partial charge in [-0.3, -0.25) is 4.79 Å². The monoisotopic (exact) mass is 325 g/mol. The summed E-state index contributed by atoms with van der Waals surface area (Å²) in [5.41, 5.74) is 0.523. The van der Waals surface area contributed by atoms with Crippen LogP contribution in [0.4, 0.5) is 0 Å². The Labute approximate surface area is 122 Å². The summed E-state index contributed by atoms with van der Waals surface area (Å²) in [6.07, 6.45) is 5.00. The lowest BCUT2D eigenvalue weighted by atomic mass is 10.2. The fraction of sp³-hybridized carbons (Fsp3) is 0.571. The number of pyridine rings is 1. The van der Waals surface area contributed by atoms with Gasteiger partial charge in [-0.1, -0.05) is 6.92 Å². The molecule has 1 unspecified atom stereocenters. The molecule has 0 radical (unpaired) electrons. The summed E-state index contributed by atoms with van der Waals surface area (Å²) in [5, 5.41) is 3.44. The molecule has 0 spiro atoms. The third kappa shape index (κ3) is 4.01. The van der Waals surface area contributed by atoms with Crippen LogP contribution in [0.5, 0.6) is 0 Å². The highest BCUT2D eigenvalue weighted by Crippen LogP contribution is 2.12. The van der Waals surface area contributed by atoms with Crippen LogP contribution in [0.15, 0.2) is 22.8 Å². The lowest BCUT2D eigenvalue weighted by Gasteiger charge is -2.25. The number of aromatic nitrogens is 1. The Morgan fingerprint density at radius 3 is 3.00 bits per heavy atom. The first kappa shape index (κ1) is 14.5. The maximum Gasteiger partial charge on any atom is 0.272 e. The van der Waals surface area contributed by atoms with Crippen molar-refractivity contribution < 1.29 is 4.79 Å². The van der Waals surface area contributed by atoms with Crippen molar-refractivity contribution in [2.75, 3.05) is 19.6 Å². The van der Waals surface area contributed by atoms with Crippen molar-refractivity contribution >= 4 is 21.8 Å². The molecule has 1 fully saturated rings. The number of hydrogen-bond acceptors (Lipinski definition) is 3. The molecule has 1 aliphatic heterocycles. The number of hydrogen-bond donors (Lipinski definition) is 1. The van der Waals surface area contributed by atoms with Crippen LogP contribution >= 0.6 is 15.9 Å². The minimum Gasteiger partial charge on any atom is -0.336 e. The Hall–Kier alpha value is -0.940. The van der Waals surface area contributed by atoms with Crippen LogP contribution in [0, 0.1) is 0 Å². The van der Waals surface area contributed by atoms with E-state index in [0.717, 1.165) is 36.9 Å². The summed E-state index contributed by atoms with van der Waals surface area (Å²) in [6.45, 7) is 4.73. The van der Waals surface area contributed by atoms with Gasteiger partial charge in [0.25, 0.3) is 5.91 Å². The summed E-state index contributed by atoms with van der Waals surface area (Å²) in [5.74, 6) is 0.0306. The molecule has 1 aromatic rings. The summed E-state index contributed by atoms with van der Waals surface area (Å²) in [4.78, 5) is 18.6. The van der Waals surface area contributed by atoms with Crippen molar-refractivity contribution in [1.29, 1.82) is 0 Å². The third-order valence-electron chi connectivity index (χ3n) is 3.33. The smallest absolute Gasteiger partial charge is 0.272 e. The van der Waals surface area contributed by atoms with Crippen LogP contribution in [0.25, 0.3) is 0 Å². The molecule has 0 saturated carbocycles. The molecule has 0 aliphatic carbocycles. The highest BCUT2D eigenvalue weighted by atomic mass is 79.9. The zero-order valence-corrected chi connectivity index (χ0v) is 12.8. The molecular formula is C14H20BrN3O. The van der Waals surface area contributed by atoms with Crippen molar-refractivity contribution in [2.45, 2.75) is 32.2 Å². The van der Waals surface area contributed by atoms with Gasteiger partial charge in [-0.15, -0.1) is 0 Å². The number of nitrogens with zero attached hydrogens (tertiary/aromatic N) is 2. The van der Waals surface area contributed by atoms with Gasteiger partial charge >= 0.3 is 0 Å². The minimum atomic E-state index is 0.0306. The van der Waals surface area contributed by atoms with Crippen molar-refractivity contribution in [3.8, 4) is 0 Å². The molecule has 2 rings (SSSR count). The SMILES string of the molecule is CCCN(CC1CCCN1)C(=O)c1ccc(Br)cn1. The van der Waals surface area contributed by atoms with E-state index in [4.69, 9.17) is 0 Å². The number of halogens is 1. The second-order valence-electron chi connectivity index (χ2n) is 4.91. The lowest BCUT2D eigenvalue weighted by Crippen LogP contribution is -2.41. The van der Waals surface area contributed by atoms with E-state index in [1.165, 1.54) is 6.42 Å². The molecule has 1 saturated heterocycles. The van der Waals surface area contributed by atoms with Crippen molar-refractivity contribution in [3.63, 3.8) is 0 Å². The summed E-state index contributed by atoms with van der Waals surface area (Å²) >= 11 is 3.34. The summed E-state index contributed by atoms with van der Waals surface area (Å²) < 4.78 is 0.892. The number of carbonyl (C=O) groups excluding carboxylic acids is 1. The quantitative estimate of drug-likeness (QED) is 0.904. The molecule has 19 heavy (non-hydrogen) atoms. The molecule has 5 heteroatoms. The van der Waals surface area contributed by atoms with Crippen LogP contribution in [0.2, 0.25) is 0 Å². The Morgan fingerprint density at radius 1 is 1.58 bits per heavy atom. The molecular weight excluding hydrogens is 306 g/mol. The van der Waals surface area contributed by atoms with Crippen LogP contribution in [0.1, 0.15) is 36.7 Å². The standard InChI is InChI=1S/C14H20BrN3O/c1-2-8-18(10-12-4-3-7-16-12)14(19)13-6-5-11(15)9-17-13/h5-6,9,12,16H,2-4,7-8,10H2,1H3. The van der Waals surface area contributed by atoms with Crippen molar-refractivity contribution in [1.82, 2.24) is 15.2 Å². The second kappa shape index (κ2) is 7.01. The van der Waals surface area contributed by atoms with Crippen molar-refractivity contribution in [2.24, 2.45) is 0 Å². The molecule has 1 N–H and O–H groups in total. The van der Waals surface area contributed by atoms with E-state index in [1.807, 2.05) is 11.0 Å². The van der Waals surface area contributed by atoms with Crippen LogP contribution in [-0.4, -0.2) is 41.5 Å². The normalized spacial score (nSPS) is 18.5. The van der Waals surface area contributed by atoms with Gasteiger partial charge in [-0.2, -0.15) is 0 Å². The maximum absolute atomic E-state index is 12.5. The van der Waals surface area contributed by atoms with E-state index < -0.39 is 0 Å². The molecule has 2 heterocycles. The zero-order chi connectivity index (χ0) is 13.7. The van der Waals surface area contributed by atoms with Gasteiger partial charge in [0, 0.05) is 29.8 Å². The van der Waals surface area contributed by atoms with E-state index in [1.54, 1.807) is 12.3 Å². The number of carbonyl (C=O) groups is 1. The molecule has 1 atom stereocenters. The first-order valence-electron chi connectivity index (χ1n) is 6.85. The zero-order valence-electron chi connectivity index (χ0n) is 11.2. The van der Waals surface area contributed by atoms with Gasteiger partial charge in [0.15, 0.2) is 0 Å². The van der Waals surface area contributed by atoms with E-state index in [2.05, 4.69) is 33.2 Å². The third-order valence-corrected chi connectivity index (χ3v) is 3.80. The first-order valence-corrected chi connectivity index (χ1v) is 7.64. The average molecular weight is 326 g/mol. The largest absolute Gasteiger partial charge is 0.336 e. The Morgan fingerprint density at radius 2 is 2.42 bits per heavy atom. The van der Waals surface area contributed by atoms with Gasteiger partial charge in [0.1, 0.15) is 5.69 Å².